The Kier molecular flexibility index (Phi) is 3.46. The van der Waals surface area contributed by atoms with Gasteiger partial charge >= 0.3 is 0 Å². The van der Waals surface area contributed by atoms with Gasteiger partial charge in [-0.2, -0.15) is 4.98 Å². The fraction of sp³-hybridized carbons (Fsp3) is 0.800. The highest BCUT2D eigenvalue weighted by Crippen LogP contribution is 2.20. The molecule has 0 radical (unpaired) electrons. The Labute approximate surface area is 89.7 Å². The molecule has 0 spiro atoms. The molecule has 1 heterocycles. The lowest BCUT2D eigenvalue weighted by molar-refractivity contribution is 0.146. The van der Waals surface area contributed by atoms with Crippen molar-refractivity contribution >= 4 is 0 Å². The van der Waals surface area contributed by atoms with Crippen LogP contribution in [-0.2, 0) is 6.42 Å². The molecule has 2 atom stereocenters. The minimum Gasteiger partial charge on any atom is -0.391 e. The topological polar surface area (TPSA) is 85.2 Å². The number of aliphatic hydroxyl groups excluding tert-OH is 1. The molecule has 2 unspecified atom stereocenters. The number of aromatic nitrogens is 2. The molecule has 0 aliphatic rings. The highest BCUT2D eigenvalue weighted by molar-refractivity contribution is 4.95. The van der Waals surface area contributed by atoms with Gasteiger partial charge in [0.05, 0.1) is 6.10 Å². The standard InChI is InChI=1S/C10H19N3O2/c1-6(14)8(11)9-12-7(13-15-9)5-10(2,3)4/h6,8,14H,5,11H2,1-4H3. The number of nitrogens with two attached hydrogens (primary N) is 1. The van der Waals surface area contributed by atoms with Crippen LogP contribution in [0.5, 0.6) is 0 Å². The van der Waals surface area contributed by atoms with Gasteiger partial charge in [0.2, 0.25) is 5.89 Å². The predicted octanol–water partition coefficient (Wildman–Crippen LogP) is 1.04. The van der Waals surface area contributed by atoms with E-state index < -0.39 is 12.1 Å². The molecule has 0 aliphatic heterocycles. The first-order valence-corrected chi connectivity index (χ1v) is 5.06. The number of aliphatic hydroxyl groups is 1. The Morgan fingerprint density at radius 2 is 2.07 bits per heavy atom. The second-order valence-corrected chi connectivity index (χ2v) is 5.05. The average Bonchev–Trinajstić information content (AvgIpc) is 2.48. The lowest BCUT2D eigenvalue weighted by Gasteiger charge is -2.14. The summed E-state index contributed by atoms with van der Waals surface area (Å²) < 4.78 is 4.99. The van der Waals surface area contributed by atoms with Gasteiger partial charge in [-0.25, -0.2) is 0 Å². The fourth-order valence-electron chi connectivity index (χ4n) is 1.16. The monoisotopic (exact) mass is 213 g/mol. The number of hydrogen-bond acceptors (Lipinski definition) is 5. The quantitative estimate of drug-likeness (QED) is 0.783. The van der Waals surface area contributed by atoms with Gasteiger partial charge in [-0.1, -0.05) is 25.9 Å². The molecule has 1 rings (SSSR count). The van der Waals surface area contributed by atoms with Crippen molar-refractivity contribution in [3.05, 3.63) is 11.7 Å². The highest BCUT2D eigenvalue weighted by atomic mass is 16.5. The number of rotatable bonds is 3. The van der Waals surface area contributed by atoms with Gasteiger partial charge in [0, 0.05) is 6.42 Å². The van der Waals surface area contributed by atoms with Crippen molar-refractivity contribution in [2.75, 3.05) is 0 Å². The van der Waals surface area contributed by atoms with Gasteiger partial charge in [-0.3, -0.25) is 0 Å². The Hall–Kier alpha value is -0.940. The van der Waals surface area contributed by atoms with Crippen molar-refractivity contribution in [3.8, 4) is 0 Å². The van der Waals surface area contributed by atoms with E-state index in [2.05, 4.69) is 30.9 Å². The normalized spacial score (nSPS) is 16.4. The third-order valence-electron chi connectivity index (χ3n) is 1.98. The molecule has 0 amide bonds. The minimum absolute atomic E-state index is 0.107. The SMILES string of the molecule is CC(O)C(N)c1nc(CC(C)(C)C)no1. The van der Waals surface area contributed by atoms with E-state index in [9.17, 15) is 5.11 Å². The van der Waals surface area contributed by atoms with Gasteiger partial charge in [0.15, 0.2) is 5.82 Å². The van der Waals surface area contributed by atoms with E-state index in [1.54, 1.807) is 6.92 Å². The van der Waals surface area contributed by atoms with Crippen LogP contribution in [0.2, 0.25) is 0 Å². The lowest BCUT2D eigenvalue weighted by Crippen LogP contribution is -2.23. The van der Waals surface area contributed by atoms with E-state index in [1.165, 1.54) is 0 Å². The molecule has 0 aliphatic carbocycles. The average molecular weight is 213 g/mol. The number of nitrogens with zero attached hydrogens (tertiary/aromatic N) is 2. The molecular weight excluding hydrogens is 194 g/mol. The van der Waals surface area contributed by atoms with Crippen molar-refractivity contribution in [2.45, 2.75) is 46.3 Å². The molecule has 5 nitrogen and oxygen atoms in total. The van der Waals surface area contributed by atoms with Crippen LogP contribution in [-0.4, -0.2) is 21.4 Å². The van der Waals surface area contributed by atoms with Crippen LogP contribution >= 0.6 is 0 Å². The molecule has 3 N–H and O–H groups in total. The summed E-state index contributed by atoms with van der Waals surface area (Å²) in [4.78, 5) is 4.15. The van der Waals surface area contributed by atoms with Crippen molar-refractivity contribution in [1.29, 1.82) is 0 Å². The van der Waals surface area contributed by atoms with Crippen LogP contribution in [0.25, 0.3) is 0 Å². The molecule has 0 bridgehead atoms. The Bertz CT molecular complexity index is 315. The molecule has 86 valence electrons. The van der Waals surface area contributed by atoms with E-state index in [-0.39, 0.29) is 5.41 Å². The number of hydrogen-bond donors (Lipinski definition) is 2. The lowest BCUT2D eigenvalue weighted by atomic mass is 9.92. The maximum absolute atomic E-state index is 9.26. The van der Waals surface area contributed by atoms with Gasteiger partial charge in [-0.05, 0) is 12.3 Å². The maximum atomic E-state index is 9.26. The van der Waals surface area contributed by atoms with Crippen molar-refractivity contribution < 1.29 is 9.63 Å². The zero-order chi connectivity index (χ0) is 11.6. The third-order valence-corrected chi connectivity index (χ3v) is 1.98. The van der Waals surface area contributed by atoms with Crippen LogP contribution in [0.1, 0.15) is 45.5 Å². The van der Waals surface area contributed by atoms with Crippen LogP contribution in [0.3, 0.4) is 0 Å². The largest absolute Gasteiger partial charge is 0.391 e. The summed E-state index contributed by atoms with van der Waals surface area (Å²) in [5, 5.41) is 13.1. The summed E-state index contributed by atoms with van der Waals surface area (Å²) in [5.74, 6) is 0.929. The fourth-order valence-corrected chi connectivity index (χ4v) is 1.16. The summed E-state index contributed by atoms with van der Waals surface area (Å²) in [7, 11) is 0. The molecule has 0 saturated carbocycles. The van der Waals surface area contributed by atoms with Gasteiger partial charge in [-0.15, -0.1) is 0 Å². The summed E-state index contributed by atoms with van der Waals surface area (Å²) in [6.45, 7) is 7.88. The third kappa shape index (κ3) is 3.60. The highest BCUT2D eigenvalue weighted by Gasteiger charge is 2.21. The Morgan fingerprint density at radius 3 is 2.53 bits per heavy atom. The maximum Gasteiger partial charge on any atom is 0.246 e. The smallest absolute Gasteiger partial charge is 0.246 e. The van der Waals surface area contributed by atoms with Crippen LogP contribution in [0, 0.1) is 5.41 Å². The summed E-state index contributed by atoms with van der Waals surface area (Å²) in [6.07, 6.45) is 0.0381. The molecule has 1 aromatic rings. The van der Waals surface area contributed by atoms with Gasteiger partial charge in [0.1, 0.15) is 6.04 Å². The first-order valence-electron chi connectivity index (χ1n) is 5.06. The van der Waals surface area contributed by atoms with Crippen LogP contribution < -0.4 is 5.73 Å². The Balaban J connectivity index is 2.72. The zero-order valence-corrected chi connectivity index (χ0v) is 9.69. The molecule has 1 aromatic heterocycles. The van der Waals surface area contributed by atoms with E-state index >= 15 is 0 Å². The minimum atomic E-state index is -0.687. The van der Waals surface area contributed by atoms with Crippen LogP contribution in [0.15, 0.2) is 4.52 Å². The van der Waals surface area contributed by atoms with Crippen molar-refractivity contribution in [2.24, 2.45) is 11.1 Å². The molecule has 5 heteroatoms. The zero-order valence-electron chi connectivity index (χ0n) is 9.69. The van der Waals surface area contributed by atoms with E-state index in [0.717, 1.165) is 6.42 Å². The van der Waals surface area contributed by atoms with Gasteiger partial charge in [0.25, 0.3) is 0 Å². The molecule has 15 heavy (non-hydrogen) atoms. The molecule has 0 aromatic carbocycles. The van der Waals surface area contributed by atoms with E-state index in [4.69, 9.17) is 10.3 Å². The summed E-state index contributed by atoms with van der Waals surface area (Å²) in [5.41, 5.74) is 5.78. The Morgan fingerprint density at radius 1 is 1.47 bits per heavy atom. The molecule has 0 fully saturated rings. The van der Waals surface area contributed by atoms with Crippen molar-refractivity contribution in [1.82, 2.24) is 10.1 Å². The van der Waals surface area contributed by atoms with E-state index in [0.29, 0.717) is 11.7 Å². The second-order valence-electron chi connectivity index (χ2n) is 5.05. The first kappa shape index (κ1) is 12.1. The van der Waals surface area contributed by atoms with E-state index in [1.807, 2.05) is 0 Å². The van der Waals surface area contributed by atoms with Gasteiger partial charge < -0.3 is 15.4 Å². The molecule has 0 saturated heterocycles. The summed E-state index contributed by atoms with van der Waals surface area (Å²) >= 11 is 0. The summed E-state index contributed by atoms with van der Waals surface area (Å²) in [6, 6.07) is -0.605. The van der Waals surface area contributed by atoms with Crippen molar-refractivity contribution in [3.63, 3.8) is 0 Å². The predicted molar refractivity (Wildman–Crippen MR) is 56.1 cm³/mol. The second kappa shape index (κ2) is 4.28. The van der Waals surface area contributed by atoms with Crippen LogP contribution in [0.4, 0.5) is 0 Å². The molecular formula is C10H19N3O2. The first-order chi connectivity index (χ1) is 6.79.